The zero-order chi connectivity index (χ0) is 64.2. The first-order valence-electron chi connectivity index (χ1n) is 37.4. The third kappa shape index (κ3) is 67.6. The fraction of sp³-hybridized carbons (Fsp3) is 0.795. The molecule has 0 aliphatic heterocycles. The van der Waals surface area contributed by atoms with Gasteiger partial charge in [0.05, 0.1) is 33.8 Å². The zero-order valence-electron chi connectivity index (χ0n) is 58.7. The van der Waals surface area contributed by atoms with Crippen LogP contribution in [0.1, 0.15) is 348 Å². The Bertz CT molecular complexity index is 1780. The highest BCUT2D eigenvalue weighted by atomic mass is 31.2. The zero-order valence-corrected chi connectivity index (χ0v) is 59.6. The van der Waals surface area contributed by atoms with Crippen molar-refractivity contribution in [3.05, 3.63) is 85.1 Å². The molecule has 0 saturated heterocycles. The van der Waals surface area contributed by atoms with Gasteiger partial charge in [0.25, 0.3) is 7.82 Å². The number of carbonyl (C=O) groups is 2. The van der Waals surface area contributed by atoms with Gasteiger partial charge in [-0.05, 0) is 109 Å². The third-order valence-corrected chi connectivity index (χ3v) is 17.5. The third-order valence-electron chi connectivity index (χ3n) is 16.5. The molecule has 0 aliphatic carbocycles. The van der Waals surface area contributed by atoms with E-state index >= 15 is 0 Å². The number of phosphoric ester groups is 1. The number of hydrogen-bond donors (Lipinski definition) is 1. The number of unbranched alkanes of at least 4 members (excludes halogenated alkanes) is 40. The summed E-state index contributed by atoms with van der Waals surface area (Å²) >= 11 is 0. The maximum atomic E-state index is 13.6. The van der Waals surface area contributed by atoms with Gasteiger partial charge in [-0.25, -0.2) is 0 Å². The van der Waals surface area contributed by atoms with E-state index in [-0.39, 0.29) is 24.9 Å². The van der Waals surface area contributed by atoms with Crippen LogP contribution in [0.4, 0.5) is 0 Å². The minimum absolute atomic E-state index is 0.0247. The van der Waals surface area contributed by atoms with E-state index in [0.717, 1.165) is 89.9 Å². The van der Waals surface area contributed by atoms with Crippen LogP contribution in [-0.2, 0) is 27.9 Å². The molecule has 0 heterocycles. The normalized spacial score (nSPS) is 13.9. The van der Waals surface area contributed by atoms with E-state index in [0.29, 0.717) is 17.4 Å². The van der Waals surface area contributed by atoms with E-state index in [9.17, 15) is 19.0 Å². The summed E-state index contributed by atoms with van der Waals surface area (Å²) in [6, 6.07) is -0.895. The van der Waals surface area contributed by atoms with Crippen LogP contribution in [0, 0.1) is 0 Å². The van der Waals surface area contributed by atoms with Crippen molar-refractivity contribution < 1.29 is 37.3 Å². The van der Waals surface area contributed by atoms with E-state index in [2.05, 4.69) is 99.0 Å². The van der Waals surface area contributed by atoms with Crippen LogP contribution in [0.2, 0.25) is 0 Å². The number of nitrogens with one attached hydrogen (secondary N) is 1. The summed E-state index contributed by atoms with van der Waals surface area (Å²) in [5, 5.41) is 3.05. The summed E-state index contributed by atoms with van der Waals surface area (Å²) in [5.74, 6) is -0.536. The number of ether oxygens (including phenoxy) is 1. The highest BCUT2D eigenvalue weighted by molar-refractivity contribution is 7.45. The number of carbonyl (C=O) groups excluding carboxylic acids is 2. The molecular formula is C78H143N2O7P. The van der Waals surface area contributed by atoms with Crippen molar-refractivity contribution in [3.63, 3.8) is 0 Å². The topological polar surface area (TPSA) is 114 Å². The summed E-state index contributed by atoms with van der Waals surface area (Å²) in [6.07, 6.45) is 89.9. The number of esters is 1. The van der Waals surface area contributed by atoms with Crippen molar-refractivity contribution >= 4 is 19.7 Å². The molecule has 0 aromatic carbocycles. The van der Waals surface area contributed by atoms with Crippen molar-refractivity contribution in [2.24, 2.45) is 0 Å². The van der Waals surface area contributed by atoms with E-state index < -0.39 is 26.6 Å². The number of allylic oxidation sites excluding steroid dienone is 13. The molecule has 3 atom stereocenters. The van der Waals surface area contributed by atoms with Crippen molar-refractivity contribution in [2.45, 2.75) is 360 Å². The first-order valence-corrected chi connectivity index (χ1v) is 38.9. The summed E-state index contributed by atoms with van der Waals surface area (Å²) in [6.45, 7) is 6.82. The second-order valence-corrected chi connectivity index (χ2v) is 27.9. The maximum absolute atomic E-state index is 13.6. The van der Waals surface area contributed by atoms with Crippen molar-refractivity contribution in [1.82, 2.24) is 5.32 Å². The molecule has 0 saturated carbocycles. The Balaban J connectivity index is 5.01. The van der Waals surface area contributed by atoms with Gasteiger partial charge < -0.3 is 28.5 Å². The quantitative estimate of drug-likeness (QED) is 0.0212. The standard InChI is InChI=1S/C78H143N2O7P/c1-7-10-13-16-19-22-25-28-30-32-34-36-38-39-40-41-43-44-46-48-50-52-55-58-61-64-67-70-77(81)79-75(74-86-88(83,84)85-73-72-80(4,5)6)76(69-66-63-60-57-54-27-24-21-18-15-12-9-3)87-78(82)71-68-65-62-59-56-53-51-49-47-45-42-37-35-33-31-29-26-23-20-17-14-11-8-2/h19-20,22-23,28-31,34,36,39-40,66,69,75-76H,7-18,21,24-27,32-33,35,37-38,41-65,67-68,70-74H2,1-6H3,(H-,79,81,83,84)/b22-19-,23-20-,30-28-,31-29-,36-34-,40-39-,69-66-. The predicted molar refractivity (Wildman–Crippen MR) is 381 cm³/mol. The molecule has 0 aromatic heterocycles. The minimum atomic E-state index is -4.71. The van der Waals surface area contributed by atoms with Crippen LogP contribution in [-0.4, -0.2) is 69.4 Å². The van der Waals surface area contributed by atoms with Gasteiger partial charge in [-0.2, -0.15) is 0 Å². The van der Waals surface area contributed by atoms with Gasteiger partial charge in [-0.15, -0.1) is 0 Å². The molecule has 0 fully saturated rings. The smallest absolute Gasteiger partial charge is 0.306 e. The largest absolute Gasteiger partial charge is 0.756 e. The second kappa shape index (κ2) is 67.1. The van der Waals surface area contributed by atoms with Crippen LogP contribution < -0.4 is 10.2 Å². The average molecular weight is 1250 g/mol. The Kier molecular flexibility index (Phi) is 64.9. The molecule has 1 amide bonds. The number of nitrogens with zero attached hydrogens (tertiary/aromatic N) is 1. The molecule has 10 heteroatoms. The fourth-order valence-electron chi connectivity index (χ4n) is 10.8. The molecule has 0 bridgehead atoms. The molecular weight excluding hydrogens is 1110 g/mol. The Labute approximate surface area is 546 Å². The summed E-state index contributed by atoms with van der Waals surface area (Å²) in [4.78, 5) is 40.3. The molecule has 0 spiro atoms. The lowest BCUT2D eigenvalue weighted by Crippen LogP contribution is -2.47. The molecule has 88 heavy (non-hydrogen) atoms. The summed E-state index contributed by atoms with van der Waals surface area (Å²) in [5.41, 5.74) is 0. The number of rotatable bonds is 68. The van der Waals surface area contributed by atoms with Crippen molar-refractivity contribution in [1.29, 1.82) is 0 Å². The number of quaternary nitrogens is 1. The van der Waals surface area contributed by atoms with E-state index in [1.54, 1.807) is 0 Å². The van der Waals surface area contributed by atoms with Gasteiger partial charge in [-0.3, -0.25) is 14.2 Å². The van der Waals surface area contributed by atoms with E-state index in [4.69, 9.17) is 13.8 Å². The Morgan fingerprint density at radius 2 is 0.693 bits per heavy atom. The van der Waals surface area contributed by atoms with Crippen molar-refractivity contribution in [3.8, 4) is 0 Å². The molecule has 0 rings (SSSR count). The Morgan fingerprint density at radius 1 is 0.398 bits per heavy atom. The molecule has 1 N–H and O–H groups in total. The highest BCUT2D eigenvalue weighted by Crippen LogP contribution is 2.38. The Hall–Kier alpha value is -2.81. The van der Waals surface area contributed by atoms with Gasteiger partial charge in [0, 0.05) is 12.8 Å². The number of amides is 1. The summed E-state index contributed by atoms with van der Waals surface area (Å²) < 4.78 is 30.5. The van der Waals surface area contributed by atoms with Gasteiger partial charge in [0.2, 0.25) is 5.91 Å². The number of phosphoric acid groups is 1. The van der Waals surface area contributed by atoms with Crippen LogP contribution in [0.15, 0.2) is 85.1 Å². The van der Waals surface area contributed by atoms with E-state index in [1.165, 1.54) is 225 Å². The lowest BCUT2D eigenvalue weighted by atomic mass is 10.0. The average Bonchev–Trinajstić information content (AvgIpc) is 3.66. The number of hydrogen-bond acceptors (Lipinski definition) is 7. The lowest BCUT2D eigenvalue weighted by molar-refractivity contribution is -0.870. The van der Waals surface area contributed by atoms with Gasteiger partial charge >= 0.3 is 5.97 Å². The van der Waals surface area contributed by atoms with Crippen LogP contribution in [0.5, 0.6) is 0 Å². The van der Waals surface area contributed by atoms with Gasteiger partial charge in [0.1, 0.15) is 19.3 Å². The number of likely N-dealkylation sites (N-methyl/N-ethyl adjacent to an activating group) is 1. The molecule has 0 aliphatic rings. The SMILES string of the molecule is CCCCC/C=C\C/C=C\C/C=C\C/C=C\CCCCCCCCCCCCCC(=O)NC(COP(=O)([O-])OCC[N+](C)(C)C)C(/C=C\CCCCCCCCCCCC)OC(=O)CCCCCCCCCCCCCCC/C=C\C/C=C\CCCCC. The first-order chi connectivity index (χ1) is 42.9. The second-order valence-electron chi connectivity index (χ2n) is 26.4. The summed E-state index contributed by atoms with van der Waals surface area (Å²) in [7, 11) is 1.19. The highest BCUT2D eigenvalue weighted by Gasteiger charge is 2.27. The van der Waals surface area contributed by atoms with Crippen molar-refractivity contribution in [2.75, 3.05) is 40.9 Å². The first kappa shape index (κ1) is 85.2. The van der Waals surface area contributed by atoms with E-state index in [1.807, 2.05) is 33.3 Å². The fourth-order valence-corrected chi connectivity index (χ4v) is 11.5. The minimum Gasteiger partial charge on any atom is -0.756 e. The molecule has 0 radical (unpaired) electrons. The van der Waals surface area contributed by atoms with Gasteiger partial charge in [-0.1, -0.05) is 312 Å². The van der Waals surface area contributed by atoms with Crippen LogP contribution >= 0.6 is 7.82 Å². The van der Waals surface area contributed by atoms with Gasteiger partial charge in [0.15, 0.2) is 0 Å². The molecule has 512 valence electrons. The monoisotopic (exact) mass is 1250 g/mol. The lowest BCUT2D eigenvalue weighted by Gasteiger charge is -2.30. The van der Waals surface area contributed by atoms with Crippen LogP contribution in [0.3, 0.4) is 0 Å². The predicted octanol–water partition coefficient (Wildman–Crippen LogP) is 23.4. The van der Waals surface area contributed by atoms with Crippen LogP contribution in [0.25, 0.3) is 0 Å². The molecule has 9 nitrogen and oxygen atoms in total. The molecule has 3 unspecified atom stereocenters. The molecule has 0 aromatic rings. The Morgan fingerprint density at radius 3 is 1.06 bits per heavy atom. The maximum Gasteiger partial charge on any atom is 0.306 e.